The van der Waals surface area contributed by atoms with Crippen molar-refractivity contribution >= 4 is 5.78 Å². The molecule has 0 spiro atoms. The molecule has 0 amide bonds. The van der Waals surface area contributed by atoms with Crippen LogP contribution in [0, 0.1) is 5.82 Å². The minimum atomic E-state index is -0.319. The minimum absolute atomic E-state index is 0.0474. The summed E-state index contributed by atoms with van der Waals surface area (Å²) in [6.45, 7) is 1.87. The van der Waals surface area contributed by atoms with E-state index in [4.69, 9.17) is 4.74 Å². The van der Waals surface area contributed by atoms with Crippen molar-refractivity contribution < 1.29 is 13.9 Å². The second kappa shape index (κ2) is 2.83. The smallest absolute Gasteiger partial charge is 0.204 e. The SMILES string of the molecule is CCc1c(F)ccc2c1C(=O)CO2. The summed E-state index contributed by atoms with van der Waals surface area (Å²) in [5.41, 5.74) is 0.905. The molecule has 1 aliphatic heterocycles. The first-order valence-electron chi connectivity index (χ1n) is 4.21. The van der Waals surface area contributed by atoms with Crippen LogP contribution >= 0.6 is 0 Å². The second-order valence-corrected chi connectivity index (χ2v) is 2.96. The average molecular weight is 180 g/mol. The molecule has 68 valence electrons. The van der Waals surface area contributed by atoms with Crippen molar-refractivity contribution in [2.45, 2.75) is 13.3 Å². The molecule has 1 aliphatic rings. The molecule has 0 aromatic heterocycles. The third-order valence-corrected chi connectivity index (χ3v) is 2.21. The van der Waals surface area contributed by atoms with Crippen molar-refractivity contribution in [2.75, 3.05) is 6.61 Å². The zero-order valence-electron chi connectivity index (χ0n) is 7.26. The zero-order valence-corrected chi connectivity index (χ0v) is 7.26. The van der Waals surface area contributed by atoms with Crippen LogP contribution in [0.2, 0.25) is 0 Å². The number of halogens is 1. The Balaban J connectivity index is 2.67. The van der Waals surface area contributed by atoms with Gasteiger partial charge < -0.3 is 4.74 Å². The predicted molar refractivity (Wildman–Crippen MR) is 45.6 cm³/mol. The lowest BCUT2D eigenvalue weighted by Gasteiger charge is -2.03. The second-order valence-electron chi connectivity index (χ2n) is 2.96. The number of hydrogen-bond acceptors (Lipinski definition) is 2. The van der Waals surface area contributed by atoms with E-state index in [9.17, 15) is 9.18 Å². The first-order valence-corrected chi connectivity index (χ1v) is 4.21. The van der Waals surface area contributed by atoms with Gasteiger partial charge in [0.15, 0.2) is 6.61 Å². The van der Waals surface area contributed by atoms with E-state index in [1.54, 1.807) is 0 Å². The first kappa shape index (κ1) is 8.23. The van der Waals surface area contributed by atoms with E-state index in [2.05, 4.69) is 0 Å². The molecule has 0 radical (unpaired) electrons. The van der Waals surface area contributed by atoms with Gasteiger partial charge in [-0.25, -0.2) is 4.39 Å². The predicted octanol–water partition coefficient (Wildman–Crippen LogP) is 1.96. The van der Waals surface area contributed by atoms with Crippen LogP contribution in [-0.4, -0.2) is 12.4 Å². The number of ether oxygens (including phenoxy) is 1. The summed E-state index contributed by atoms with van der Waals surface area (Å²) >= 11 is 0. The number of fused-ring (bicyclic) bond motifs is 1. The van der Waals surface area contributed by atoms with Gasteiger partial charge in [0.05, 0.1) is 5.56 Å². The highest BCUT2D eigenvalue weighted by Crippen LogP contribution is 2.30. The van der Waals surface area contributed by atoms with Crippen molar-refractivity contribution in [2.24, 2.45) is 0 Å². The van der Waals surface area contributed by atoms with Crippen molar-refractivity contribution in [1.29, 1.82) is 0 Å². The molecular formula is C10H9FO2. The maximum Gasteiger partial charge on any atom is 0.204 e. The van der Waals surface area contributed by atoms with Gasteiger partial charge in [-0.2, -0.15) is 0 Å². The number of rotatable bonds is 1. The van der Waals surface area contributed by atoms with Crippen LogP contribution in [0.25, 0.3) is 0 Å². The maximum atomic E-state index is 13.2. The van der Waals surface area contributed by atoms with Gasteiger partial charge in [-0.1, -0.05) is 6.92 Å². The lowest BCUT2D eigenvalue weighted by molar-refractivity contribution is 0.0960. The van der Waals surface area contributed by atoms with Crippen LogP contribution in [0.15, 0.2) is 12.1 Å². The molecule has 0 atom stereocenters. The number of Topliss-reactive ketones (excluding diaryl/α,β-unsaturated/α-hetero) is 1. The Kier molecular flexibility index (Phi) is 1.79. The summed E-state index contributed by atoms with van der Waals surface area (Å²) in [5.74, 6) is 0.0784. The lowest BCUT2D eigenvalue weighted by Crippen LogP contribution is -2.03. The molecule has 0 N–H and O–H groups in total. The summed E-state index contributed by atoms with van der Waals surface area (Å²) in [5, 5.41) is 0. The topological polar surface area (TPSA) is 26.3 Å². The number of carbonyl (C=O) groups excluding carboxylic acids is 1. The highest BCUT2D eigenvalue weighted by Gasteiger charge is 2.25. The number of carbonyl (C=O) groups is 1. The zero-order chi connectivity index (χ0) is 9.42. The molecule has 1 aromatic rings. The van der Waals surface area contributed by atoms with Crippen LogP contribution in [0.4, 0.5) is 4.39 Å². The van der Waals surface area contributed by atoms with Crippen molar-refractivity contribution in [3.8, 4) is 5.75 Å². The van der Waals surface area contributed by atoms with Gasteiger partial charge >= 0.3 is 0 Å². The van der Waals surface area contributed by atoms with Crippen molar-refractivity contribution in [1.82, 2.24) is 0 Å². The monoisotopic (exact) mass is 180 g/mol. The van der Waals surface area contributed by atoms with Gasteiger partial charge in [-0.15, -0.1) is 0 Å². The number of ketones is 1. The van der Waals surface area contributed by atoms with Crippen LogP contribution in [0.1, 0.15) is 22.8 Å². The Morgan fingerprint density at radius 1 is 1.54 bits per heavy atom. The molecule has 0 unspecified atom stereocenters. The molecule has 0 aliphatic carbocycles. The Hall–Kier alpha value is -1.38. The lowest BCUT2D eigenvalue weighted by atomic mass is 10.0. The van der Waals surface area contributed by atoms with Gasteiger partial charge in [0, 0.05) is 5.56 Å². The fraction of sp³-hybridized carbons (Fsp3) is 0.300. The van der Waals surface area contributed by atoms with Crippen molar-refractivity contribution in [3.63, 3.8) is 0 Å². The summed E-state index contributed by atoms with van der Waals surface area (Å²) < 4.78 is 18.3. The number of benzene rings is 1. The Morgan fingerprint density at radius 3 is 3.00 bits per heavy atom. The van der Waals surface area contributed by atoms with E-state index in [0.717, 1.165) is 0 Å². The van der Waals surface area contributed by atoms with Gasteiger partial charge in [0.25, 0.3) is 0 Å². The Bertz CT molecular complexity index is 371. The molecule has 0 fully saturated rings. The average Bonchev–Trinajstić information content (AvgIpc) is 2.49. The summed E-state index contributed by atoms with van der Waals surface area (Å²) in [6.07, 6.45) is 0.518. The molecular weight excluding hydrogens is 171 g/mol. The Morgan fingerprint density at radius 2 is 2.31 bits per heavy atom. The molecule has 1 aromatic carbocycles. The number of hydrogen-bond donors (Lipinski definition) is 0. The standard InChI is InChI=1S/C10H9FO2/c1-2-6-7(11)3-4-9-10(6)8(12)5-13-9/h3-4H,2,5H2,1H3. The van der Waals surface area contributed by atoms with Gasteiger partial charge in [-0.3, -0.25) is 4.79 Å². The molecule has 0 saturated heterocycles. The van der Waals surface area contributed by atoms with E-state index in [-0.39, 0.29) is 18.2 Å². The van der Waals surface area contributed by atoms with Gasteiger partial charge in [-0.05, 0) is 18.6 Å². The summed E-state index contributed by atoms with van der Waals surface area (Å²) in [4.78, 5) is 11.3. The fourth-order valence-corrected chi connectivity index (χ4v) is 1.59. The van der Waals surface area contributed by atoms with E-state index in [0.29, 0.717) is 23.3 Å². The van der Waals surface area contributed by atoms with Crippen LogP contribution in [-0.2, 0) is 6.42 Å². The van der Waals surface area contributed by atoms with Gasteiger partial charge in [0.2, 0.25) is 5.78 Å². The van der Waals surface area contributed by atoms with E-state index >= 15 is 0 Å². The van der Waals surface area contributed by atoms with Crippen molar-refractivity contribution in [3.05, 3.63) is 29.1 Å². The largest absolute Gasteiger partial charge is 0.485 e. The minimum Gasteiger partial charge on any atom is -0.485 e. The normalized spacial score (nSPS) is 14.2. The fourth-order valence-electron chi connectivity index (χ4n) is 1.59. The highest BCUT2D eigenvalue weighted by molar-refractivity contribution is 6.03. The van der Waals surface area contributed by atoms with Crippen LogP contribution < -0.4 is 4.74 Å². The van der Waals surface area contributed by atoms with E-state index in [1.165, 1.54) is 12.1 Å². The quantitative estimate of drug-likeness (QED) is 0.660. The molecule has 13 heavy (non-hydrogen) atoms. The van der Waals surface area contributed by atoms with Gasteiger partial charge in [0.1, 0.15) is 11.6 Å². The Labute approximate surface area is 75.3 Å². The van der Waals surface area contributed by atoms with E-state index in [1.807, 2.05) is 6.92 Å². The summed E-state index contributed by atoms with van der Waals surface area (Å²) in [7, 11) is 0. The third-order valence-electron chi connectivity index (χ3n) is 2.21. The third kappa shape index (κ3) is 1.11. The first-order chi connectivity index (χ1) is 6.24. The molecule has 3 heteroatoms. The molecule has 2 nitrogen and oxygen atoms in total. The van der Waals surface area contributed by atoms with Crippen LogP contribution in [0.3, 0.4) is 0 Å². The molecule has 0 saturated carbocycles. The molecule has 1 heterocycles. The molecule has 2 rings (SSSR count). The maximum absolute atomic E-state index is 13.2. The molecule has 0 bridgehead atoms. The highest BCUT2D eigenvalue weighted by atomic mass is 19.1. The van der Waals surface area contributed by atoms with Crippen LogP contribution in [0.5, 0.6) is 5.75 Å². The van der Waals surface area contributed by atoms with E-state index < -0.39 is 0 Å². The summed E-state index contributed by atoms with van der Waals surface area (Å²) in [6, 6.07) is 2.85.